The fraction of sp³-hybridized carbons (Fsp3) is 0.578. The number of thiazole rings is 1. The molecule has 1 fully saturated rings. The molecule has 3 unspecified atom stereocenters. The van der Waals surface area contributed by atoms with Gasteiger partial charge >= 0.3 is 5.97 Å². The lowest BCUT2D eigenvalue weighted by atomic mass is 9.91. The summed E-state index contributed by atoms with van der Waals surface area (Å²) in [7, 11) is 3.51. The van der Waals surface area contributed by atoms with Crippen molar-refractivity contribution in [2.24, 2.45) is 17.8 Å². The van der Waals surface area contributed by atoms with Gasteiger partial charge in [-0.3, -0.25) is 24.1 Å². The first-order valence-corrected chi connectivity index (χ1v) is 21.6. The van der Waals surface area contributed by atoms with Crippen molar-refractivity contribution in [2.75, 3.05) is 27.5 Å². The van der Waals surface area contributed by atoms with Gasteiger partial charge in [0.05, 0.1) is 12.0 Å². The number of aromatic nitrogens is 1. The highest BCUT2D eigenvalue weighted by Crippen LogP contribution is 2.32. The number of ether oxygens (including phenoxy) is 2. The number of carboxylic acid groups (broad SMARTS) is 1. The van der Waals surface area contributed by atoms with Crippen molar-refractivity contribution < 1.29 is 33.8 Å². The maximum atomic E-state index is 15.0. The molecule has 1 saturated heterocycles. The Kier molecular flexibility index (Phi) is 18.3. The number of carboxylic acids is 1. The van der Waals surface area contributed by atoms with Gasteiger partial charge in [0, 0.05) is 37.5 Å². The summed E-state index contributed by atoms with van der Waals surface area (Å²) in [5.41, 5.74) is 3.27. The zero-order valence-corrected chi connectivity index (χ0v) is 36.4. The molecule has 3 aromatic rings. The van der Waals surface area contributed by atoms with Crippen LogP contribution in [0.2, 0.25) is 0 Å². The summed E-state index contributed by atoms with van der Waals surface area (Å²) in [6.07, 6.45) is 3.92. The molecule has 2 aromatic carbocycles. The number of piperidine rings is 1. The molecule has 4 rings (SSSR count). The van der Waals surface area contributed by atoms with E-state index in [1.807, 2.05) is 87.3 Å². The largest absolute Gasteiger partial charge is 0.481 e. The summed E-state index contributed by atoms with van der Waals surface area (Å²) in [5.74, 6) is -2.40. The highest BCUT2D eigenvalue weighted by molar-refractivity contribution is 7.09. The summed E-state index contributed by atoms with van der Waals surface area (Å²) in [4.78, 5) is 63.1. The third-order valence-electron chi connectivity index (χ3n) is 11.4. The lowest BCUT2D eigenvalue weighted by Gasteiger charge is -2.40. The Morgan fingerprint density at radius 2 is 1.69 bits per heavy atom. The van der Waals surface area contributed by atoms with Crippen molar-refractivity contribution in [3.63, 3.8) is 0 Å². The average molecular weight is 820 g/mol. The lowest BCUT2D eigenvalue weighted by Crippen LogP contribution is -2.58. The molecule has 13 heteroatoms. The van der Waals surface area contributed by atoms with Gasteiger partial charge in [-0.15, -0.1) is 11.3 Å². The summed E-state index contributed by atoms with van der Waals surface area (Å²) in [5, 5.41) is 18.2. The lowest BCUT2D eigenvalue weighted by molar-refractivity contribution is -0.144. The van der Waals surface area contributed by atoms with Gasteiger partial charge in [0.2, 0.25) is 11.8 Å². The van der Waals surface area contributed by atoms with Crippen LogP contribution < -0.4 is 10.6 Å². The number of carbonyl (C=O) groups is 4. The molecule has 3 amide bonds. The number of aryl methyl sites for hydroxylation is 1. The van der Waals surface area contributed by atoms with Crippen molar-refractivity contribution in [2.45, 2.75) is 123 Å². The fourth-order valence-corrected chi connectivity index (χ4v) is 8.41. The van der Waals surface area contributed by atoms with E-state index in [0.29, 0.717) is 30.8 Å². The Morgan fingerprint density at radius 1 is 0.983 bits per heavy atom. The second kappa shape index (κ2) is 22.8. The van der Waals surface area contributed by atoms with E-state index in [0.717, 1.165) is 42.5 Å². The molecule has 1 aliphatic rings. The number of likely N-dealkylation sites (tertiary alicyclic amines) is 1. The van der Waals surface area contributed by atoms with E-state index in [1.165, 1.54) is 11.3 Å². The van der Waals surface area contributed by atoms with E-state index in [1.54, 1.807) is 19.4 Å². The predicted octanol–water partition coefficient (Wildman–Crippen LogP) is 7.02. The van der Waals surface area contributed by atoms with Gasteiger partial charge in [-0.25, -0.2) is 4.98 Å². The van der Waals surface area contributed by atoms with Crippen LogP contribution in [-0.4, -0.2) is 95.2 Å². The number of nitrogens with zero attached hydrogens (tertiary/aromatic N) is 3. The number of hydrogen-bond donors (Lipinski definition) is 3. The molecule has 0 aliphatic carbocycles. The fourth-order valence-electron chi connectivity index (χ4n) is 7.55. The molecule has 1 aliphatic heterocycles. The molecule has 58 heavy (non-hydrogen) atoms. The van der Waals surface area contributed by atoms with Crippen LogP contribution in [-0.2, 0) is 36.8 Å². The molecule has 12 nitrogen and oxygen atoms in total. The van der Waals surface area contributed by atoms with Crippen LogP contribution in [0, 0.1) is 24.7 Å². The molecular weight excluding hydrogens is 755 g/mol. The molecule has 3 N–H and O–H groups in total. The van der Waals surface area contributed by atoms with Crippen molar-refractivity contribution in [1.82, 2.24) is 25.4 Å². The number of aliphatic carboxylic acids is 1. The zero-order valence-electron chi connectivity index (χ0n) is 35.6. The molecular formula is C45H65N5O7S. The number of carbonyl (C=O) groups excluding carboxylic acids is 3. The van der Waals surface area contributed by atoms with E-state index >= 15 is 4.79 Å². The van der Waals surface area contributed by atoms with Crippen LogP contribution in [0.4, 0.5) is 0 Å². The van der Waals surface area contributed by atoms with Crippen molar-refractivity contribution >= 4 is 35.0 Å². The van der Waals surface area contributed by atoms with Crippen LogP contribution in [0.1, 0.15) is 111 Å². The molecule has 0 saturated carbocycles. The minimum absolute atomic E-state index is 0.0273. The van der Waals surface area contributed by atoms with Gasteiger partial charge in [0.1, 0.15) is 29.6 Å². The Bertz CT molecular complexity index is 1750. The summed E-state index contributed by atoms with van der Waals surface area (Å²) in [6.45, 7) is 13.0. The van der Waals surface area contributed by atoms with Crippen LogP contribution in [0.5, 0.6) is 0 Å². The van der Waals surface area contributed by atoms with Gasteiger partial charge in [0.15, 0.2) is 0 Å². The minimum Gasteiger partial charge on any atom is -0.481 e. The monoisotopic (exact) mass is 819 g/mol. The molecule has 318 valence electrons. The predicted molar refractivity (Wildman–Crippen MR) is 227 cm³/mol. The summed E-state index contributed by atoms with van der Waals surface area (Å²) >= 11 is 1.29. The van der Waals surface area contributed by atoms with Gasteiger partial charge in [-0.1, -0.05) is 108 Å². The first kappa shape index (κ1) is 46.5. The molecule has 0 spiro atoms. The number of amides is 3. The summed E-state index contributed by atoms with van der Waals surface area (Å²) < 4.78 is 11.6. The van der Waals surface area contributed by atoms with E-state index < -0.39 is 36.0 Å². The van der Waals surface area contributed by atoms with E-state index in [-0.39, 0.29) is 54.6 Å². The minimum atomic E-state index is -0.925. The molecule has 7 atom stereocenters. The normalized spacial score (nSPS) is 17.8. The maximum absolute atomic E-state index is 15.0. The molecule has 0 radical (unpaired) electrons. The highest BCUT2D eigenvalue weighted by Gasteiger charge is 2.38. The van der Waals surface area contributed by atoms with Gasteiger partial charge in [-0.2, -0.15) is 0 Å². The van der Waals surface area contributed by atoms with Gasteiger partial charge < -0.3 is 30.1 Å². The van der Waals surface area contributed by atoms with Crippen LogP contribution >= 0.6 is 11.3 Å². The van der Waals surface area contributed by atoms with E-state index in [9.17, 15) is 19.5 Å². The van der Waals surface area contributed by atoms with Crippen molar-refractivity contribution in [1.29, 1.82) is 0 Å². The van der Waals surface area contributed by atoms with Gasteiger partial charge in [0.25, 0.3) is 5.91 Å². The first-order chi connectivity index (χ1) is 27.7. The Morgan fingerprint density at radius 3 is 2.31 bits per heavy atom. The Labute approximate surface area is 349 Å². The topological polar surface area (TPSA) is 150 Å². The maximum Gasteiger partial charge on any atom is 0.306 e. The van der Waals surface area contributed by atoms with E-state index in [2.05, 4.69) is 29.4 Å². The van der Waals surface area contributed by atoms with Gasteiger partial charge in [-0.05, 0) is 69.2 Å². The van der Waals surface area contributed by atoms with Crippen LogP contribution in [0.3, 0.4) is 0 Å². The van der Waals surface area contributed by atoms with E-state index in [4.69, 9.17) is 14.5 Å². The zero-order chi connectivity index (χ0) is 42.4. The van der Waals surface area contributed by atoms with Crippen molar-refractivity contribution in [3.8, 4) is 0 Å². The second-order valence-corrected chi connectivity index (χ2v) is 17.2. The standard InChI is InChI=1S/C45H65N5O7S/c1-9-31(5)40(48-42(52)37-17-13-14-22-49(37)7)44(53)50(26-34-15-11-10-12-16-34)38(29(2)3)25-39(57-28-56-8)43-47-36(27-58-43)41(51)46-35(23-32(6)45(54)55)24-33-20-18-30(4)19-21-33/h10-12,15-16,18-21,27,29,31-32,35,37-40H,9,13-14,17,22-26,28H2,1-8H3,(H,46,51)(H,48,52)(H,54,55)/t31?,32-,35+,37?,38+,39+,40?/m0/s1. The molecule has 0 bridgehead atoms. The number of likely N-dealkylation sites (N-methyl/N-ethyl adjacent to an activating group) is 1. The van der Waals surface area contributed by atoms with Crippen LogP contribution in [0.15, 0.2) is 60.0 Å². The highest BCUT2D eigenvalue weighted by atomic mass is 32.1. The van der Waals surface area contributed by atoms with Crippen LogP contribution in [0.25, 0.3) is 0 Å². The number of methoxy groups -OCH3 is 1. The number of rotatable bonds is 22. The third kappa shape index (κ3) is 13.4. The number of nitrogens with one attached hydrogen (secondary N) is 2. The number of benzene rings is 2. The first-order valence-electron chi connectivity index (χ1n) is 20.7. The summed E-state index contributed by atoms with van der Waals surface area (Å²) in [6, 6.07) is 16.0. The smallest absolute Gasteiger partial charge is 0.306 e. The Balaban J connectivity index is 1.63. The van der Waals surface area contributed by atoms with Crippen molar-refractivity contribution in [3.05, 3.63) is 87.4 Å². The second-order valence-electron chi connectivity index (χ2n) is 16.3. The average Bonchev–Trinajstić information content (AvgIpc) is 3.70. The SMILES string of the molecule is CCC(C)C(NC(=O)C1CCCCN1C)C(=O)N(Cc1ccccc1)[C@H](C[C@@H](OCOC)c1nc(C(=O)N[C@@H](Cc2ccc(C)cc2)C[C@H](C)C(=O)O)cs1)C(C)C. The molecule has 1 aromatic heterocycles. The quantitative estimate of drug-likeness (QED) is 0.0909. The Hall–Kier alpha value is -4.17. The molecule has 2 heterocycles. The number of hydrogen-bond acceptors (Lipinski definition) is 9. The third-order valence-corrected chi connectivity index (χ3v) is 12.3.